The fourth-order valence-corrected chi connectivity index (χ4v) is 2.69. The molecule has 0 bridgehead atoms. The maximum atomic E-state index is 13.5. The first-order valence-electron chi connectivity index (χ1n) is 6.78. The maximum absolute atomic E-state index is 13.5. The van der Waals surface area contributed by atoms with Gasteiger partial charge >= 0.3 is 5.97 Å². The SMILES string of the molecule is CCC1CCC(Nc2ccc(F)c(C(=O)OC)c2)C1. The molecule has 104 valence electrons. The van der Waals surface area contributed by atoms with Gasteiger partial charge in [-0.2, -0.15) is 0 Å². The Morgan fingerprint density at radius 1 is 1.47 bits per heavy atom. The predicted octanol–water partition coefficient (Wildman–Crippen LogP) is 3.60. The van der Waals surface area contributed by atoms with Gasteiger partial charge in [-0.1, -0.05) is 13.3 Å². The molecule has 19 heavy (non-hydrogen) atoms. The lowest BCUT2D eigenvalue weighted by atomic mass is 10.1. The van der Waals surface area contributed by atoms with Crippen LogP contribution in [0.5, 0.6) is 0 Å². The Kier molecular flexibility index (Phi) is 4.40. The summed E-state index contributed by atoms with van der Waals surface area (Å²) in [6.45, 7) is 2.21. The van der Waals surface area contributed by atoms with E-state index in [1.807, 2.05) is 0 Å². The molecule has 0 aliphatic heterocycles. The average molecular weight is 265 g/mol. The summed E-state index contributed by atoms with van der Waals surface area (Å²) in [5, 5.41) is 3.38. The molecule has 1 aromatic rings. The minimum absolute atomic E-state index is 0.0162. The first-order valence-corrected chi connectivity index (χ1v) is 6.78. The number of anilines is 1. The molecule has 1 aliphatic carbocycles. The molecule has 1 N–H and O–H groups in total. The van der Waals surface area contributed by atoms with Crippen LogP contribution < -0.4 is 5.32 Å². The zero-order chi connectivity index (χ0) is 13.8. The molecular weight excluding hydrogens is 245 g/mol. The van der Waals surface area contributed by atoms with Crippen molar-refractivity contribution in [2.45, 2.75) is 38.6 Å². The summed E-state index contributed by atoms with van der Waals surface area (Å²) in [6.07, 6.45) is 4.71. The summed E-state index contributed by atoms with van der Waals surface area (Å²) in [7, 11) is 1.25. The zero-order valence-corrected chi connectivity index (χ0v) is 11.4. The van der Waals surface area contributed by atoms with Crippen molar-refractivity contribution in [3.8, 4) is 0 Å². The van der Waals surface area contributed by atoms with E-state index in [0.29, 0.717) is 6.04 Å². The summed E-state index contributed by atoms with van der Waals surface area (Å²) >= 11 is 0. The van der Waals surface area contributed by atoms with Crippen molar-refractivity contribution in [2.24, 2.45) is 5.92 Å². The molecule has 2 rings (SSSR count). The van der Waals surface area contributed by atoms with Crippen molar-refractivity contribution < 1.29 is 13.9 Å². The Bertz CT molecular complexity index is 461. The highest BCUT2D eigenvalue weighted by Crippen LogP contribution is 2.30. The lowest BCUT2D eigenvalue weighted by Gasteiger charge is -2.15. The van der Waals surface area contributed by atoms with E-state index in [1.165, 1.54) is 32.1 Å². The van der Waals surface area contributed by atoms with Gasteiger partial charge in [0.15, 0.2) is 0 Å². The lowest BCUT2D eigenvalue weighted by Crippen LogP contribution is -2.16. The number of nitrogens with one attached hydrogen (secondary N) is 1. The van der Waals surface area contributed by atoms with Crippen LogP contribution in [0, 0.1) is 11.7 Å². The third-order valence-corrected chi connectivity index (χ3v) is 3.86. The molecule has 0 amide bonds. The number of esters is 1. The monoisotopic (exact) mass is 265 g/mol. The average Bonchev–Trinajstić information content (AvgIpc) is 2.87. The first-order chi connectivity index (χ1) is 9.13. The Morgan fingerprint density at radius 3 is 2.89 bits per heavy atom. The van der Waals surface area contributed by atoms with Crippen LogP contribution in [-0.2, 0) is 4.74 Å². The van der Waals surface area contributed by atoms with Crippen LogP contribution >= 0.6 is 0 Å². The second-order valence-electron chi connectivity index (χ2n) is 5.11. The van der Waals surface area contributed by atoms with Gasteiger partial charge in [-0.15, -0.1) is 0 Å². The van der Waals surface area contributed by atoms with E-state index in [4.69, 9.17) is 0 Å². The minimum Gasteiger partial charge on any atom is -0.465 e. The van der Waals surface area contributed by atoms with E-state index in [2.05, 4.69) is 17.0 Å². The van der Waals surface area contributed by atoms with E-state index in [1.54, 1.807) is 6.07 Å². The fourth-order valence-electron chi connectivity index (χ4n) is 2.69. The minimum atomic E-state index is -0.640. The van der Waals surface area contributed by atoms with Gasteiger partial charge in [0, 0.05) is 11.7 Å². The molecule has 3 nitrogen and oxygen atoms in total. The normalized spacial score (nSPS) is 22.3. The number of halogens is 1. The van der Waals surface area contributed by atoms with E-state index < -0.39 is 11.8 Å². The molecule has 2 atom stereocenters. The molecule has 4 heteroatoms. The van der Waals surface area contributed by atoms with Crippen molar-refractivity contribution in [3.05, 3.63) is 29.6 Å². The summed E-state index contributed by atoms with van der Waals surface area (Å²) in [6, 6.07) is 4.92. The van der Waals surface area contributed by atoms with Gasteiger partial charge in [0.05, 0.1) is 12.7 Å². The highest BCUT2D eigenvalue weighted by Gasteiger charge is 2.23. The summed E-state index contributed by atoms with van der Waals surface area (Å²) in [4.78, 5) is 11.4. The van der Waals surface area contributed by atoms with Crippen molar-refractivity contribution in [2.75, 3.05) is 12.4 Å². The van der Waals surface area contributed by atoms with E-state index in [-0.39, 0.29) is 5.56 Å². The topological polar surface area (TPSA) is 38.3 Å². The molecule has 0 heterocycles. The van der Waals surface area contributed by atoms with E-state index in [9.17, 15) is 9.18 Å². The molecule has 0 spiro atoms. The molecular formula is C15H20FNO2. The molecule has 1 aliphatic rings. The number of benzene rings is 1. The van der Waals surface area contributed by atoms with Crippen LogP contribution in [0.2, 0.25) is 0 Å². The first kappa shape index (κ1) is 13.8. The quantitative estimate of drug-likeness (QED) is 0.845. The number of carbonyl (C=O) groups excluding carboxylic acids is 1. The second kappa shape index (κ2) is 6.04. The van der Waals surface area contributed by atoms with Crippen LogP contribution in [0.3, 0.4) is 0 Å². The predicted molar refractivity (Wildman–Crippen MR) is 72.8 cm³/mol. The smallest absolute Gasteiger partial charge is 0.340 e. The molecule has 0 saturated heterocycles. The number of rotatable bonds is 4. The zero-order valence-electron chi connectivity index (χ0n) is 11.4. The number of ether oxygens (including phenoxy) is 1. The van der Waals surface area contributed by atoms with E-state index >= 15 is 0 Å². The van der Waals surface area contributed by atoms with Gasteiger partial charge in [-0.05, 0) is 43.4 Å². The maximum Gasteiger partial charge on any atom is 0.340 e. The van der Waals surface area contributed by atoms with Gasteiger partial charge in [0.2, 0.25) is 0 Å². The van der Waals surface area contributed by atoms with Crippen molar-refractivity contribution in [1.82, 2.24) is 0 Å². The number of hydrogen-bond donors (Lipinski definition) is 1. The van der Waals surface area contributed by atoms with Crippen molar-refractivity contribution in [3.63, 3.8) is 0 Å². The van der Waals surface area contributed by atoms with Crippen LogP contribution in [0.4, 0.5) is 10.1 Å². The molecule has 2 unspecified atom stereocenters. The van der Waals surface area contributed by atoms with Crippen LogP contribution in [0.1, 0.15) is 43.0 Å². The van der Waals surface area contributed by atoms with Gasteiger partial charge < -0.3 is 10.1 Å². The van der Waals surface area contributed by atoms with Crippen LogP contribution in [0.25, 0.3) is 0 Å². The third-order valence-electron chi connectivity index (χ3n) is 3.86. The summed E-state index contributed by atoms with van der Waals surface area (Å²) in [5.74, 6) is -0.410. The highest BCUT2D eigenvalue weighted by atomic mass is 19.1. The van der Waals surface area contributed by atoms with Gasteiger partial charge in [0.1, 0.15) is 5.82 Å². The van der Waals surface area contributed by atoms with Gasteiger partial charge in [-0.3, -0.25) is 0 Å². The van der Waals surface area contributed by atoms with Gasteiger partial charge in [-0.25, -0.2) is 9.18 Å². The molecule has 1 saturated carbocycles. The molecule has 0 aromatic heterocycles. The van der Waals surface area contributed by atoms with E-state index in [0.717, 1.165) is 24.4 Å². The second-order valence-corrected chi connectivity index (χ2v) is 5.11. The van der Waals surface area contributed by atoms with Crippen LogP contribution in [-0.4, -0.2) is 19.1 Å². The molecule has 1 aromatic carbocycles. The Hall–Kier alpha value is -1.58. The Morgan fingerprint density at radius 2 is 2.26 bits per heavy atom. The fraction of sp³-hybridized carbons (Fsp3) is 0.533. The molecule has 1 fully saturated rings. The molecule has 0 radical (unpaired) electrons. The summed E-state index contributed by atoms with van der Waals surface area (Å²) in [5.41, 5.74) is 0.765. The highest BCUT2D eigenvalue weighted by molar-refractivity contribution is 5.90. The van der Waals surface area contributed by atoms with Gasteiger partial charge in [0.25, 0.3) is 0 Å². The third kappa shape index (κ3) is 3.25. The van der Waals surface area contributed by atoms with Crippen molar-refractivity contribution in [1.29, 1.82) is 0 Å². The Balaban J connectivity index is 2.07. The number of carbonyl (C=O) groups is 1. The standard InChI is InChI=1S/C15H20FNO2/c1-3-10-4-5-11(8-10)17-12-6-7-14(16)13(9-12)15(18)19-2/h6-7,9-11,17H,3-5,8H2,1-2H3. The Labute approximate surface area is 113 Å². The van der Waals surface area contributed by atoms with Crippen LogP contribution in [0.15, 0.2) is 18.2 Å². The van der Waals surface area contributed by atoms with Crippen molar-refractivity contribution >= 4 is 11.7 Å². The number of hydrogen-bond acceptors (Lipinski definition) is 3. The summed E-state index contributed by atoms with van der Waals surface area (Å²) < 4.78 is 18.1. The lowest BCUT2D eigenvalue weighted by molar-refractivity contribution is 0.0595. The largest absolute Gasteiger partial charge is 0.465 e. The number of methoxy groups -OCH3 is 1.